The standard InChI is InChI=1S/C21H19F3N4O3S2/c1-28(15-5-6-17(24)18(10-15)33(2,30)27-14-3-4-14)21(29)26-20-25-11-19(32-20)31-16-8-12(22)7-13(23)9-16/h5-11,14H,2-4H2,1H3,(H,27,30)(H,25,26,29). The van der Waals surface area contributed by atoms with Crippen molar-refractivity contribution in [2.45, 2.75) is 23.8 Å². The molecule has 1 heterocycles. The van der Waals surface area contributed by atoms with Crippen molar-refractivity contribution in [2.24, 2.45) is 0 Å². The number of nitrogens with zero attached hydrogens (tertiary/aromatic N) is 2. The summed E-state index contributed by atoms with van der Waals surface area (Å²) in [6.45, 7) is 0. The number of amides is 2. The lowest BCUT2D eigenvalue weighted by Gasteiger charge is -2.19. The van der Waals surface area contributed by atoms with E-state index in [2.05, 4.69) is 20.9 Å². The van der Waals surface area contributed by atoms with E-state index in [0.29, 0.717) is 5.69 Å². The number of anilines is 2. The Labute approximate surface area is 192 Å². The summed E-state index contributed by atoms with van der Waals surface area (Å²) in [6, 6.07) is 6.01. The van der Waals surface area contributed by atoms with E-state index in [-0.39, 0.29) is 26.9 Å². The smallest absolute Gasteiger partial charge is 0.327 e. The summed E-state index contributed by atoms with van der Waals surface area (Å²) in [5, 5.41) is 2.92. The normalized spacial score (nSPS) is 15.0. The first-order chi connectivity index (χ1) is 15.6. The maximum absolute atomic E-state index is 14.3. The molecule has 0 radical (unpaired) electrons. The van der Waals surface area contributed by atoms with Gasteiger partial charge in [0.25, 0.3) is 0 Å². The molecular formula is C21H19F3N4O3S2. The number of ether oxygens (including phenoxy) is 1. The maximum atomic E-state index is 14.3. The van der Waals surface area contributed by atoms with Crippen molar-refractivity contribution in [1.82, 2.24) is 9.71 Å². The molecule has 2 N–H and O–H groups in total. The fourth-order valence-electron chi connectivity index (χ4n) is 2.85. The molecule has 2 aromatic carbocycles. The van der Waals surface area contributed by atoms with E-state index in [9.17, 15) is 22.2 Å². The van der Waals surface area contributed by atoms with Crippen molar-refractivity contribution in [3.05, 3.63) is 60.0 Å². The summed E-state index contributed by atoms with van der Waals surface area (Å²) in [6.07, 6.45) is 2.99. The minimum atomic E-state index is -3.06. The molecule has 1 unspecified atom stereocenters. The number of carbonyl (C=O) groups excluding carboxylic acids is 1. The van der Waals surface area contributed by atoms with Crippen LogP contribution in [0, 0.1) is 17.5 Å². The van der Waals surface area contributed by atoms with Gasteiger partial charge in [0.2, 0.25) is 5.06 Å². The lowest BCUT2D eigenvalue weighted by Crippen LogP contribution is -2.32. The third-order valence-corrected chi connectivity index (χ3v) is 7.18. The van der Waals surface area contributed by atoms with Crippen molar-refractivity contribution < 1.29 is 26.9 Å². The molecule has 2 amide bonds. The zero-order chi connectivity index (χ0) is 23.8. The highest BCUT2D eigenvalue weighted by Gasteiger charge is 2.27. The van der Waals surface area contributed by atoms with E-state index in [0.717, 1.165) is 48.4 Å². The van der Waals surface area contributed by atoms with Crippen LogP contribution in [0.3, 0.4) is 0 Å². The molecule has 3 aromatic rings. The molecule has 174 valence electrons. The highest BCUT2D eigenvalue weighted by atomic mass is 32.2. The van der Waals surface area contributed by atoms with Crippen LogP contribution in [0.4, 0.5) is 28.8 Å². The second kappa shape index (κ2) is 9.04. The van der Waals surface area contributed by atoms with E-state index < -0.39 is 33.2 Å². The number of aromatic nitrogens is 1. The second-order valence-electron chi connectivity index (χ2n) is 7.36. The predicted molar refractivity (Wildman–Crippen MR) is 122 cm³/mol. The Kier molecular flexibility index (Phi) is 6.32. The van der Waals surface area contributed by atoms with Gasteiger partial charge in [0.05, 0.1) is 20.8 Å². The van der Waals surface area contributed by atoms with Crippen LogP contribution in [0.5, 0.6) is 10.8 Å². The largest absolute Gasteiger partial charge is 0.445 e. The van der Waals surface area contributed by atoms with Crippen molar-refractivity contribution in [3.63, 3.8) is 0 Å². The van der Waals surface area contributed by atoms with Gasteiger partial charge in [-0.3, -0.25) is 10.2 Å². The molecule has 0 spiro atoms. The predicted octanol–water partition coefficient (Wildman–Crippen LogP) is 4.76. The number of carbonyl (C=O) groups is 1. The maximum Gasteiger partial charge on any atom is 0.327 e. The van der Waals surface area contributed by atoms with E-state index in [1.54, 1.807) is 0 Å². The molecule has 1 aliphatic carbocycles. The monoisotopic (exact) mass is 496 g/mol. The highest BCUT2D eigenvalue weighted by Crippen LogP contribution is 2.32. The molecule has 1 fully saturated rings. The molecule has 1 atom stereocenters. The Morgan fingerprint density at radius 3 is 2.58 bits per heavy atom. The van der Waals surface area contributed by atoms with Crippen molar-refractivity contribution in [3.8, 4) is 10.8 Å². The fourth-order valence-corrected chi connectivity index (χ4v) is 5.12. The van der Waals surface area contributed by atoms with Crippen molar-refractivity contribution in [1.29, 1.82) is 0 Å². The number of hydrogen-bond acceptors (Lipinski definition) is 5. The number of hydrogen-bond donors (Lipinski definition) is 2. The first kappa shape index (κ1) is 23.1. The molecule has 0 aliphatic heterocycles. The van der Waals surface area contributed by atoms with Gasteiger partial charge in [0.15, 0.2) is 5.13 Å². The van der Waals surface area contributed by atoms with Crippen LogP contribution in [0.25, 0.3) is 0 Å². The van der Waals surface area contributed by atoms with Crippen LogP contribution in [-0.2, 0) is 9.71 Å². The molecule has 4 rings (SSSR count). The van der Waals surface area contributed by atoms with Crippen LogP contribution in [0.15, 0.2) is 47.5 Å². The summed E-state index contributed by atoms with van der Waals surface area (Å²) in [5.74, 6) is 1.31. The van der Waals surface area contributed by atoms with Crippen LogP contribution in [0.2, 0.25) is 0 Å². The van der Waals surface area contributed by atoms with Gasteiger partial charge in [0.1, 0.15) is 23.2 Å². The minimum Gasteiger partial charge on any atom is -0.445 e. The van der Waals surface area contributed by atoms with E-state index in [1.807, 2.05) is 0 Å². The zero-order valence-corrected chi connectivity index (χ0v) is 18.9. The molecule has 0 bridgehead atoms. The summed E-state index contributed by atoms with van der Waals surface area (Å²) in [7, 11) is -1.61. The summed E-state index contributed by atoms with van der Waals surface area (Å²) < 4.78 is 62.0. The van der Waals surface area contributed by atoms with Crippen molar-refractivity contribution >= 4 is 43.8 Å². The topological polar surface area (TPSA) is 83.6 Å². The van der Waals surface area contributed by atoms with Gasteiger partial charge in [-0.1, -0.05) is 11.3 Å². The molecule has 7 nitrogen and oxygen atoms in total. The first-order valence-corrected chi connectivity index (χ1v) is 12.2. The summed E-state index contributed by atoms with van der Waals surface area (Å²) in [5.41, 5.74) is 0.293. The molecular weight excluding hydrogens is 477 g/mol. The van der Waals surface area contributed by atoms with E-state index in [1.165, 1.54) is 30.3 Å². The number of nitrogens with one attached hydrogen (secondary N) is 2. The van der Waals surface area contributed by atoms with Crippen LogP contribution >= 0.6 is 11.3 Å². The quantitative estimate of drug-likeness (QED) is 0.462. The van der Waals surface area contributed by atoms with Gasteiger partial charge < -0.3 is 4.74 Å². The summed E-state index contributed by atoms with van der Waals surface area (Å²) >= 11 is 0.941. The fraction of sp³-hybridized carbons (Fsp3) is 0.190. The first-order valence-electron chi connectivity index (χ1n) is 9.69. The van der Waals surface area contributed by atoms with Gasteiger partial charge in [-0.15, -0.1) is 0 Å². The molecule has 1 aromatic heterocycles. The van der Waals surface area contributed by atoms with E-state index in [4.69, 9.17) is 4.74 Å². The van der Waals surface area contributed by atoms with Crippen LogP contribution < -0.4 is 19.7 Å². The highest BCUT2D eigenvalue weighted by molar-refractivity contribution is 7.98. The van der Waals surface area contributed by atoms with Gasteiger partial charge in [-0.05, 0) is 36.9 Å². The number of thiazole rings is 1. The van der Waals surface area contributed by atoms with Crippen LogP contribution in [-0.4, -0.2) is 34.2 Å². The Bertz CT molecular complexity index is 1290. The van der Waals surface area contributed by atoms with Crippen molar-refractivity contribution in [2.75, 3.05) is 17.3 Å². The molecule has 1 saturated carbocycles. The van der Waals surface area contributed by atoms with Gasteiger partial charge in [-0.2, -0.15) is 0 Å². The third-order valence-electron chi connectivity index (χ3n) is 4.65. The number of benzene rings is 2. The Morgan fingerprint density at radius 1 is 1.21 bits per heavy atom. The third kappa shape index (κ3) is 5.64. The van der Waals surface area contributed by atoms with Crippen LogP contribution in [0.1, 0.15) is 12.8 Å². The minimum absolute atomic E-state index is 0.0456. The second-order valence-corrected chi connectivity index (χ2v) is 10.4. The average molecular weight is 497 g/mol. The number of rotatable bonds is 7. The lowest BCUT2D eigenvalue weighted by molar-refractivity contribution is 0.258. The Balaban J connectivity index is 1.45. The Hall–Kier alpha value is -3.09. The Morgan fingerprint density at radius 2 is 1.91 bits per heavy atom. The number of urea groups is 1. The molecule has 33 heavy (non-hydrogen) atoms. The molecule has 0 saturated heterocycles. The van der Waals surface area contributed by atoms with Gasteiger partial charge in [0, 0.05) is 37.0 Å². The van der Waals surface area contributed by atoms with Gasteiger partial charge in [-0.25, -0.2) is 31.9 Å². The van der Waals surface area contributed by atoms with Gasteiger partial charge >= 0.3 is 6.03 Å². The zero-order valence-electron chi connectivity index (χ0n) is 17.3. The van der Waals surface area contributed by atoms with E-state index >= 15 is 0 Å². The average Bonchev–Trinajstić information content (AvgIpc) is 3.43. The lowest BCUT2D eigenvalue weighted by atomic mass is 10.3. The molecule has 1 aliphatic rings. The SMILES string of the molecule is C=S(=O)(NC1CC1)c1cc(N(C)C(=O)Nc2ncc(Oc3cc(F)cc(F)c3)s2)ccc1F. The number of halogens is 3. The summed E-state index contributed by atoms with van der Waals surface area (Å²) in [4.78, 5) is 17.7. The molecule has 12 heteroatoms.